The predicted octanol–water partition coefficient (Wildman–Crippen LogP) is 10.3. The third kappa shape index (κ3) is 3.64. The number of anilines is 4. The van der Waals surface area contributed by atoms with Gasteiger partial charge in [-0.15, -0.1) is 0 Å². The SMILES string of the molecule is Cc1cc2c3c(c1)N1c4c(cc(C(C)(C)C)cc4C4(C)CC5CCCCC5CC14C)B3c1cc(C)cc3c1N2C1(C)CC2CCCCC2CC31C. The molecule has 8 atom stereocenters. The van der Waals surface area contributed by atoms with E-state index in [4.69, 9.17) is 0 Å². The van der Waals surface area contributed by atoms with Crippen LogP contribution in [0.25, 0.3) is 0 Å². The molecule has 0 amide bonds. The predicted molar refractivity (Wildman–Crippen MR) is 217 cm³/mol. The van der Waals surface area contributed by atoms with Gasteiger partial charge in [-0.2, -0.15) is 0 Å². The molecule has 2 nitrogen and oxygen atoms in total. The lowest BCUT2D eigenvalue weighted by atomic mass is 9.33. The van der Waals surface area contributed by atoms with Crippen LogP contribution in [-0.4, -0.2) is 17.8 Å². The number of nitrogens with zero attached hydrogens (tertiary/aromatic N) is 2. The normalized spacial score (nSPS) is 37.9. The van der Waals surface area contributed by atoms with Crippen LogP contribution < -0.4 is 26.2 Å². The van der Waals surface area contributed by atoms with Crippen molar-refractivity contribution in [2.24, 2.45) is 23.7 Å². The minimum atomic E-state index is 0.0628. The molecule has 11 rings (SSSR count). The van der Waals surface area contributed by atoms with E-state index in [1.807, 2.05) is 0 Å². The van der Waals surface area contributed by atoms with Crippen molar-refractivity contribution in [3.63, 3.8) is 0 Å². The molecule has 4 heterocycles. The van der Waals surface area contributed by atoms with Gasteiger partial charge >= 0.3 is 0 Å². The fourth-order valence-corrected chi connectivity index (χ4v) is 14.9. The summed E-state index contributed by atoms with van der Waals surface area (Å²) in [7, 11) is 0. The molecule has 0 spiro atoms. The highest BCUT2D eigenvalue weighted by Gasteiger charge is 2.67. The summed E-state index contributed by atoms with van der Waals surface area (Å²) >= 11 is 0. The van der Waals surface area contributed by atoms with Crippen molar-refractivity contribution in [2.45, 2.75) is 167 Å². The van der Waals surface area contributed by atoms with E-state index in [2.05, 4.69) is 109 Å². The molecule has 0 bridgehead atoms. The fraction of sp³-hybridized carbons (Fsp3) is 0.625. The average Bonchev–Trinajstić information content (AvgIpc) is 3.40. The molecule has 3 aromatic rings. The van der Waals surface area contributed by atoms with Gasteiger partial charge in [-0.05, 0) is 133 Å². The van der Waals surface area contributed by atoms with Crippen LogP contribution in [0.1, 0.15) is 153 Å². The van der Waals surface area contributed by atoms with Crippen LogP contribution in [0.3, 0.4) is 0 Å². The summed E-state index contributed by atoms with van der Waals surface area (Å²) in [6, 6.07) is 16.0. The van der Waals surface area contributed by atoms with Crippen LogP contribution in [0, 0.1) is 37.5 Å². The Balaban J connectivity index is 1.23. The molecule has 51 heavy (non-hydrogen) atoms. The van der Waals surface area contributed by atoms with E-state index in [0.29, 0.717) is 0 Å². The molecule has 4 fully saturated rings. The summed E-state index contributed by atoms with van der Waals surface area (Å²) in [5.41, 5.74) is 19.4. The molecule has 0 radical (unpaired) electrons. The van der Waals surface area contributed by atoms with Gasteiger partial charge in [-0.1, -0.05) is 116 Å². The molecular weight excluding hydrogens is 615 g/mol. The Labute approximate surface area is 309 Å². The maximum Gasteiger partial charge on any atom is 0.252 e. The number of hydrogen-bond donors (Lipinski definition) is 0. The molecule has 8 unspecified atom stereocenters. The largest absolute Gasteiger partial charge is 0.335 e. The minimum Gasteiger partial charge on any atom is -0.335 e. The van der Waals surface area contributed by atoms with Crippen molar-refractivity contribution in [3.05, 3.63) is 64.2 Å². The van der Waals surface area contributed by atoms with Crippen LogP contribution in [0.15, 0.2) is 36.4 Å². The first-order chi connectivity index (χ1) is 24.2. The van der Waals surface area contributed by atoms with Crippen LogP contribution in [0.5, 0.6) is 0 Å². The summed E-state index contributed by atoms with van der Waals surface area (Å²) in [4.78, 5) is 6.01. The summed E-state index contributed by atoms with van der Waals surface area (Å²) in [5, 5.41) is 0. The zero-order valence-electron chi connectivity index (χ0n) is 33.2. The lowest BCUT2D eigenvalue weighted by Crippen LogP contribution is -2.67. The average molecular weight is 677 g/mol. The molecule has 3 aromatic carbocycles. The summed E-state index contributed by atoms with van der Waals surface area (Å²) in [6.45, 7) is 23.3. The van der Waals surface area contributed by atoms with Gasteiger partial charge in [-0.3, -0.25) is 0 Å². The Hall–Kier alpha value is -2.68. The van der Waals surface area contributed by atoms with E-state index in [1.165, 1.54) is 93.7 Å². The summed E-state index contributed by atoms with van der Waals surface area (Å²) < 4.78 is 0. The number of aryl methyl sites for hydroxylation is 2. The van der Waals surface area contributed by atoms with Gasteiger partial charge in [0.1, 0.15) is 0 Å². The Morgan fingerprint density at radius 1 is 0.569 bits per heavy atom. The second-order valence-electron chi connectivity index (χ2n) is 21.4. The number of fused-ring (bicyclic) bond motifs is 12. The zero-order valence-corrected chi connectivity index (χ0v) is 33.2. The standard InChI is InChI=1S/C48H61BN2/c1-28-18-35-42-37(19-28)49-38-23-34(44(3,4)5)22-36-43(38)51(48(9)27-33-17-13-11-15-31(33)25-46(36,48)7)40-21-29(2)20-39(41(40)49)50(42)47(8)26-32-16-12-10-14-30(32)24-45(35,47)6/h18-23,30-33H,10-17,24-27H2,1-9H3. The topological polar surface area (TPSA) is 6.48 Å². The van der Waals surface area contributed by atoms with Crippen LogP contribution in [-0.2, 0) is 16.2 Å². The van der Waals surface area contributed by atoms with E-state index in [0.717, 1.165) is 23.7 Å². The minimum absolute atomic E-state index is 0.0628. The Kier molecular flexibility index (Phi) is 6.05. The molecule has 0 N–H and O–H groups in total. The summed E-state index contributed by atoms with van der Waals surface area (Å²) in [5.74, 6) is 3.45. The first-order valence-corrected chi connectivity index (χ1v) is 21.3. The quantitative estimate of drug-likeness (QED) is 0.219. The molecule has 4 saturated carbocycles. The molecule has 4 aliphatic heterocycles. The zero-order chi connectivity index (χ0) is 35.2. The third-order valence-corrected chi connectivity index (χ3v) is 17.8. The highest BCUT2D eigenvalue weighted by molar-refractivity contribution is 7.00. The van der Waals surface area contributed by atoms with Crippen molar-refractivity contribution < 1.29 is 0 Å². The molecule has 4 aliphatic carbocycles. The smallest absolute Gasteiger partial charge is 0.252 e. The number of hydrogen-bond acceptors (Lipinski definition) is 2. The molecule has 8 aliphatic rings. The fourth-order valence-electron chi connectivity index (χ4n) is 14.9. The van der Waals surface area contributed by atoms with Gasteiger partial charge in [-0.25, -0.2) is 0 Å². The first kappa shape index (κ1) is 31.8. The lowest BCUT2D eigenvalue weighted by molar-refractivity contribution is 0.0577. The molecule has 0 saturated heterocycles. The van der Waals surface area contributed by atoms with Gasteiger partial charge in [0.2, 0.25) is 0 Å². The first-order valence-electron chi connectivity index (χ1n) is 21.3. The molecule has 0 aromatic heterocycles. The van der Waals surface area contributed by atoms with Gasteiger partial charge in [0.25, 0.3) is 6.71 Å². The maximum absolute atomic E-state index is 3.01. The van der Waals surface area contributed by atoms with Gasteiger partial charge in [0.15, 0.2) is 0 Å². The highest BCUT2D eigenvalue weighted by atomic mass is 15.3. The van der Waals surface area contributed by atoms with Crippen molar-refractivity contribution in [1.82, 2.24) is 0 Å². The molecular formula is C48H61BN2. The number of benzene rings is 3. The van der Waals surface area contributed by atoms with Crippen molar-refractivity contribution in [1.29, 1.82) is 0 Å². The van der Waals surface area contributed by atoms with Crippen LogP contribution in [0.2, 0.25) is 0 Å². The highest BCUT2D eigenvalue weighted by Crippen LogP contribution is 2.68. The van der Waals surface area contributed by atoms with Crippen molar-refractivity contribution in [2.75, 3.05) is 9.80 Å². The summed E-state index contributed by atoms with van der Waals surface area (Å²) in [6.07, 6.45) is 16.8. The second kappa shape index (κ2) is 9.70. The van der Waals surface area contributed by atoms with Crippen LogP contribution >= 0.6 is 0 Å². The second-order valence-corrected chi connectivity index (χ2v) is 21.4. The Bertz CT molecular complexity index is 2040. The van der Waals surface area contributed by atoms with E-state index < -0.39 is 0 Å². The van der Waals surface area contributed by atoms with Crippen molar-refractivity contribution >= 4 is 45.9 Å². The van der Waals surface area contributed by atoms with Gasteiger partial charge in [0.05, 0.1) is 11.1 Å². The number of rotatable bonds is 0. The monoisotopic (exact) mass is 676 g/mol. The Morgan fingerprint density at radius 2 is 1.00 bits per heavy atom. The van der Waals surface area contributed by atoms with Gasteiger partial charge in [0, 0.05) is 33.6 Å². The third-order valence-electron chi connectivity index (χ3n) is 17.8. The lowest BCUT2D eigenvalue weighted by Gasteiger charge is -2.58. The Morgan fingerprint density at radius 3 is 1.49 bits per heavy atom. The van der Waals surface area contributed by atoms with Crippen molar-refractivity contribution in [3.8, 4) is 0 Å². The van der Waals surface area contributed by atoms with E-state index in [-0.39, 0.29) is 34.0 Å². The van der Waals surface area contributed by atoms with E-state index >= 15 is 0 Å². The van der Waals surface area contributed by atoms with Gasteiger partial charge < -0.3 is 9.80 Å². The van der Waals surface area contributed by atoms with Crippen LogP contribution in [0.4, 0.5) is 22.7 Å². The maximum atomic E-state index is 3.01. The van der Waals surface area contributed by atoms with E-state index in [9.17, 15) is 0 Å². The van der Waals surface area contributed by atoms with E-state index in [1.54, 1.807) is 50.3 Å². The molecule has 3 heteroatoms. The molecule has 266 valence electrons.